The molecule has 1 atom stereocenters. The normalized spacial score (nSPS) is 20.2. The van der Waals surface area contributed by atoms with E-state index in [0.717, 1.165) is 52.1 Å². The van der Waals surface area contributed by atoms with E-state index in [2.05, 4.69) is 11.9 Å². The number of carbonyl (C=O) groups is 2. The Morgan fingerprint density at radius 3 is 2.72 bits per heavy atom. The first kappa shape index (κ1) is 25.9. The number of nitrogens with zero attached hydrogens (tertiary/aromatic N) is 2. The van der Waals surface area contributed by atoms with Gasteiger partial charge < -0.3 is 24.4 Å². The first-order chi connectivity index (χ1) is 17.5. The number of benzene rings is 1. The molecule has 192 valence electrons. The fourth-order valence-electron chi connectivity index (χ4n) is 4.85. The van der Waals surface area contributed by atoms with E-state index in [0.29, 0.717) is 35.6 Å². The molecule has 1 N–H and O–H groups in total. The first-order valence-electron chi connectivity index (χ1n) is 12.8. The molecule has 2 aliphatic heterocycles. The Morgan fingerprint density at radius 1 is 1.22 bits per heavy atom. The Bertz CT molecular complexity index is 1100. The highest BCUT2D eigenvalue weighted by Gasteiger charge is 2.44. The fourth-order valence-corrected chi connectivity index (χ4v) is 4.85. The second-order valence-corrected chi connectivity index (χ2v) is 9.40. The van der Waals surface area contributed by atoms with Gasteiger partial charge in [0.1, 0.15) is 18.8 Å². The zero-order valence-corrected chi connectivity index (χ0v) is 21.1. The third-order valence-corrected chi connectivity index (χ3v) is 6.87. The lowest BCUT2D eigenvalue weighted by Gasteiger charge is -2.29. The number of aryl methyl sites for hydroxylation is 1. The van der Waals surface area contributed by atoms with E-state index in [1.54, 1.807) is 35.5 Å². The van der Waals surface area contributed by atoms with Crippen molar-refractivity contribution in [1.29, 1.82) is 0 Å². The number of nitrogens with one attached hydrogen (secondary N) is 1. The number of pyridine rings is 1. The van der Waals surface area contributed by atoms with Gasteiger partial charge in [0.25, 0.3) is 5.91 Å². The summed E-state index contributed by atoms with van der Waals surface area (Å²) in [6, 6.07) is 8.08. The number of likely N-dealkylation sites (tertiary alicyclic amines) is 1. The Balaban J connectivity index is 1.62. The summed E-state index contributed by atoms with van der Waals surface area (Å²) >= 11 is 0. The summed E-state index contributed by atoms with van der Waals surface area (Å²) in [5.41, 5.74) is 1.77. The van der Waals surface area contributed by atoms with Crippen LogP contribution in [0.2, 0.25) is 0 Å². The average molecular weight is 494 g/mol. The van der Waals surface area contributed by atoms with Crippen LogP contribution < -0.4 is 14.7 Å². The van der Waals surface area contributed by atoms with Crippen LogP contribution in [0.15, 0.2) is 48.3 Å². The minimum Gasteiger partial charge on any atom is -0.872 e. The molecule has 1 aromatic carbocycles. The molecular formula is C28H35N3O5. The van der Waals surface area contributed by atoms with Crippen molar-refractivity contribution in [3.05, 3.63) is 65.0 Å². The molecule has 8 nitrogen and oxygen atoms in total. The molecule has 2 saturated heterocycles. The Labute approximate surface area is 212 Å². The summed E-state index contributed by atoms with van der Waals surface area (Å²) in [4.78, 5) is 33.5. The topological polar surface area (TPSA) is 96.2 Å². The van der Waals surface area contributed by atoms with Crippen LogP contribution in [0.1, 0.15) is 48.9 Å². The van der Waals surface area contributed by atoms with Gasteiger partial charge in [-0.25, -0.2) is 0 Å². The Morgan fingerprint density at radius 2 is 2.03 bits per heavy atom. The molecule has 36 heavy (non-hydrogen) atoms. The van der Waals surface area contributed by atoms with Gasteiger partial charge in [0.05, 0.1) is 32.4 Å². The summed E-state index contributed by atoms with van der Waals surface area (Å²) in [6.07, 6.45) is 5.97. The smallest absolute Gasteiger partial charge is 0.295 e. The Kier molecular flexibility index (Phi) is 8.72. The number of Topliss-reactive ketones (excluding diaryl/α,β-unsaturated/α-hetero) is 1. The molecule has 1 unspecified atom stereocenters. The second kappa shape index (κ2) is 12.1. The van der Waals surface area contributed by atoms with Gasteiger partial charge >= 0.3 is 0 Å². The summed E-state index contributed by atoms with van der Waals surface area (Å²) in [5.74, 6) is -1.08. The third-order valence-electron chi connectivity index (χ3n) is 6.87. The molecule has 0 saturated carbocycles. The average Bonchev–Trinajstić information content (AvgIpc) is 3.15. The van der Waals surface area contributed by atoms with E-state index in [1.807, 2.05) is 19.1 Å². The van der Waals surface area contributed by atoms with E-state index < -0.39 is 23.5 Å². The van der Waals surface area contributed by atoms with Gasteiger partial charge in [-0.2, -0.15) is 0 Å². The molecule has 0 bridgehead atoms. The highest BCUT2D eigenvalue weighted by Crippen LogP contribution is 2.39. The molecule has 2 aliphatic rings. The molecule has 2 aromatic rings. The van der Waals surface area contributed by atoms with Crippen molar-refractivity contribution >= 4 is 17.4 Å². The number of ether oxygens (including phenoxy) is 2. The van der Waals surface area contributed by atoms with Crippen LogP contribution in [0.25, 0.3) is 5.76 Å². The van der Waals surface area contributed by atoms with Gasteiger partial charge in [0, 0.05) is 30.9 Å². The van der Waals surface area contributed by atoms with Crippen LogP contribution in [0, 0.1) is 6.92 Å². The van der Waals surface area contributed by atoms with Crippen molar-refractivity contribution in [2.75, 3.05) is 46.0 Å². The van der Waals surface area contributed by atoms with E-state index in [1.165, 1.54) is 4.90 Å². The van der Waals surface area contributed by atoms with Crippen LogP contribution in [-0.2, 0) is 14.3 Å². The van der Waals surface area contributed by atoms with Gasteiger partial charge in [0.2, 0.25) is 5.78 Å². The maximum Gasteiger partial charge on any atom is 0.295 e. The number of carbonyl (C=O) groups excluding carboxylic acids is 2. The number of amides is 1. The molecule has 8 heteroatoms. The number of quaternary nitrogens is 1. The lowest BCUT2D eigenvalue weighted by Crippen LogP contribution is -3.14. The second-order valence-electron chi connectivity index (χ2n) is 9.40. The molecule has 1 aromatic heterocycles. The van der Waals surface area contributed by atoms with Crippen molar-refractivity contribution in [1.82, 2.24) is 9.88 Å². The minimum atomic E-state index is -0.745. The summed E-state index contributed by atoms with van der Waals surface area (Å²) in [5, 5.41) is 13.7. The van der Waals surface area contributed by atoms with E-state index in [-0.39, 0.29) is 5.57 Å². The third kappa shape index (κ3) is 5.77. The SMILES string of the molecule is CCCCOc1ccc(C([O-])=C2C(=O)C(=O)N(CCC[NH+]3CCOCC3)C2c2cccnc2)c(C)c1. The Hall–Kier alpha value is -3.23. The predicted octanol–water partition coefficient (Wildman–Crippen LogP) is 1.10. The summed E-state index contributed by atoms with van der Waals surface area (Å²) < 4.78 is 11.2. The molecule has 4 rings (SSSR count). The van der Waals surface area contributed by atoms with Gasteiger partial charge in [-0.1, -0.05) is 31.2 Å². The quantitative estimate of drug-likeness (QED) is 0.231. The lowest BCUT2D eigenvalue weighted by atomic mass is 9.94. The number of hydrogen-bond acceptors (Lipinski definition) is 6. The highest BCUT2D eigenvalue weighted by molar-refractivity contribution is 6.46. The van der Waals surface area contributed by atoms with Crippen LogP contribution in [0.5, 0.6) is 5.75 Å². The molecular weight excluding hydrogens is 458 g/mol. The van der Waals surface area contributed by atoms with Crippen molar-refractivity contribution in [2.45, 2.75) is 39.2 Å². The standard InChI is InChI=1S/C28H35N3O5/c1-3-4-15-36-22-8-9-23(20(2)18-22)26(32)24-25(21-7-5-10-29-19-21)31(28(34)27(24)33)12-6-11-30-13-16-35-17-14-30/h5,7-10,18-19,25,32H,3-4,6,11-17H2,1-2H3. The van der Waals surface area contributed by atoms with Gasteiger partial charge in [-0.15, -0.1) is 0 Å². The van der Waals surface area contributed by atoms with E-state index in [4.69, 9.17) is 9.47 Å². The van der Waals surface area contributed by atoms with Gasteiger partial charge in [-0.3, -0.25) is 14.6 Å². The van der Waals surface area contributed by atoms with E-state index >= 15 is 0 Å². The number of aromatic nitrogens is 1. The zero-order chi connectivity index (χ0) is 25.5. The number of unbranched alkanes of at least 4 members (excludes halogenated alkanes) is 1. The maximum atomic E-state index is 13.7. The van der Waals surface area contributed by atoms with Crippen molar-refractivity contribution < 1.29 is 29.1 Å². The molecule has 1 amide bonds. The largest absolute Gasteiger partial charge is 0.872 e. The van der Waals surface area contributed by atoms with Crippen molar-refractivity contribution in [3.8, 4) is 5.75 Å². The van der Waals surface area contributed by atoms with Crippen molar-refractivity contribution in [3.63, 3.8) is 0 Å². The van der Waals surface area contributed by atoms with Gasteiger partial charge in [-0.05, 0) is 48.2 Å². The first-order valence-corrected chi connectivity index (χ1v) is 12.8. The van der Waals surface area contributed by atoms with E-state index in [9.17, 15) is 14.7 Å². The maximum absolute atomic E-state index is 13.7. The monoisotopic (exact) mass is 493 g/mol. The van der Waals surface area contributed by atoms with Gasteiger partial charge in [0.15, 0.2) is 0 Å². The number of morpholine rings is 1. The van der Waals surface area contributed by atoms with Crippen LogP contribution >= 0.6 is 0 Å². The predicted molar refractivity (Wildman–Crippen MR) is 133 cm³/mol. The van der Waals surface area contributed by atoms with Crippen LogP contribution in [0.4, 0.5) is 0 Å². The van der Waals surface area contributed by atoms with Crippen molar-refractivity contribution in [2.24, 2.45) is 0 Å². The molecule has 2 fully saturated rings. The summed E-state index contributed by atoms with van der Waals surface area (Å²) in [6.45, 7) is 9.16. The highest BCUT2D eigenvalue weighted by atomic mass is 16.5. The van der Waals surface area contributed by atoms with Crippen LogP contribution in [-0.4, -0.2) is 67.6 Å². The lowest BCUT2D eigenvalue weighted by molar-refractivity contribution is -0.908. The summed E-state index contributed by atoms with van der Waals surface area (Å²) in [7, 11) is 0. The number of hydrogen-bond donors (Lipinski definition) is 1. The number of rotatable bonds is 10. The molecule has 0 aliphatic carbocycles. The molecule has 0 radical (unpaired) electrons. The zero-order valence-electron chi connectivity index (χ0n) is 21.1. The molecule has 3 heterocycles. The minimum absolute atomic E-state index is 0.00512. The fraction of sp³-hybridized carbons (Fsp3) is 0.464. The van der Waals surface area contributed by atoms with Crippen LogP contribution in [0.3, 0.4) is 0 Å². The number of ketones is 1. The molecule has 0 spiro atoms.